The second kappa shape index (κ2) is 8.89. The minimum absolute atomic E-state index is 0.412. The zero-order valence-electron chi connectivity index (χ0n) is 12.7. The summed E-state index contributed by atoms with van der Waals surface area (Å²) in [6.07, 6.45) is 5.58. The van der Waals surface area contributed by atoms with Crippen molar-refractivity contribution in [1.82, 2.24) is 10.2 Å². The predicted octanol–water partition coefficient (Wildman–Crippen LogP) is 2.65. The molecule has 1 fully saturated rings. The van der Waals surface area contributed by atoms with Crippen LogP contribution in [0.15, 0.2) is 0 Å². The van der Waals surface area contributed by atoms with Gasteiger partial charge in [0.1, 0.15) is 0 Å². The lowest BCUT2D eigenvalue weighted by atomic mass is 10.1. The molecular weight excluding hydrogens is 224 g/mol. The molecule has 3 heteroatoms. The molecule has 1 aliphatic rings. The highest BCUT2D eigenvalue weighted by atomic mass is 16.5. The van der Waals surface area contributed by atoms with E-state index in [0.717, 1.165) is 19.7 Å². The molecule has 0 saturated carbocycles. The van der Waals surface area contributed by atoms with E-state index in [4.69, 9.17) is 4.74 Å². The largest absolute Gasteiger partial charge is 0.376 e. The van der Waals surface area contributed by atoms with Crippen LogP contribution >= 0.6 is 0 Å². The highest BCUT2D eigenvalue weighted by Crippen LogP contribution is 2.15. The maximum Gasteiger partial charge on any atom is 0.0674 e. The number of hydrogen-bond donors (Lipinski definition) is 1. The van der Waals surface area contributed by atoms with E-state index in [1.165, 1.54) is 32.2 Å². The second-order valence-electron chi connectivity index (χ2n) is 5.87. The van der Waals surface area contributed by atoms with Gasteiger partial charge in [0.05, 0.1) is 12.7 Å². The van der Waals surface area contributed by atoms with Crippen molar-refractivity contribution in [3.05, 3.63) is 0 Å². The molecule has 0 aromatic carbocycles. The summed E-state index contributed by atoms with van der Waals surface area (Å²) in [5.74, 6) is 0. The first kappa shape index (κ1) is 15.9. The molecule has 0 spiro atoms. The van der Waals surface area contributed by atoms with Gasteiger partial charge in [0.15, 0.2) is 0 Å². The van der Waals surface area contributed by atoms with E-state index in [2.05, 4.69) is 37.9 Å². The van der Waals surface area contributed by atoms with Gasteiger partial charge in [-0.2, -0.15) is 0 Å². The van der Waals surface area contributed by atoms with Gasteiger partial charge in [-0.05, 0) is 39.3 Å². The Labute approximate surface area is 113 Å². The Morgan fingerprint density at radius 3 is 2.72 bits per heavy atom. The molecule has 2 unspecified atom stereocenters. The molecule has 0 bridgehead atoms. The summed E-state index contributed by atoms with van der Waals surface area (Å²) in [4.78, 5) is 2.63. The standard InChI is InChI=1S/C15H32N2O/c1-5-15-12-18-14(4)11-17(15)10-8-6-7-9-16-13(2)3/h13-16H,5-12H2,1-4H3. The van der Waals surface area contributed by atoms with Crippen LogP contribution in [0, 0.1) is 0 Å². The fourth-order valence-electron chi connectivity index (χ4n) is 2.57. The lowest BCUT2D eigenvalue weighted by molar-refractivity contribution is -0.0561. The molecule has 1 rings (SSSR count). The van der Waals surface area contributed by atoms with E-state index in [0.29, 0.717) is 18.2 Å². The van der Waals surface area contributed by atoms with Gasteiger partial charge in [-0.3, -0.25) is 4.90 Å². The Morgan fingerprint density at radius 1 is 1.28 bits per heavy atom. The van der Waals surface area contributed by atoms with Crippen molar-refractivity contribution in [3.8, 4) is 0 Å². The lowest BCUT2D eigenvalue weighted by Crippen LogP contribution is -2.48. The molecule has 108 valence electrons. The molecule has 1 N–H and O–H groups in total. The number of rotatable bonds is 8. The van der Waals surface area contributed by atoms with Crippen molar-refractivity contribution in [3.63, 3.8) is 0 Å². The van der Waals surface area contributed by atoms with Gasteiger partial charge in [0, 0.05) is 18.6 Å². The van der Waals surface area contributed by atoms with E-state index in [-0.39, 0.29) is 0 Å². The third-order valence-corrected chi connectivity index (χ3v) is 3.73. The Balaban J connectivity index is 2.09. The lowest BCUT2D eigenvalue weighted by Gasteiger charge is -2.38. The van der Waals surface area contributed by atoms with Crippen LogP contribution in [0.5, 0.6) is 0 Å². The Morgan fingerprint density at radius 2 is 2.06 bits per heavy atom. The van der Waals surface area contributed by atoms with Crippen LogP contribution < -0.4 is 5.32 Å². The molecule has 1 aliphatic heterocycles. The first-order valence-corrected chi connectivity index (χ1v) is 7.72. The van der Waals surface area contributed by atoms with Crippen LogP contribution in [0.2, 0.25) is 0 Å². The van der Waals surface area contributed by atoms with Crippen LogP contribution in [0.4, 0.5) is 0 Å². The van der Waals surface area contributed by atoms with Crippen molar-refractivity contribution < 1.29 is 4.74 Å². The van der Waals surface area contributed by atoms with Gasteiger partial charge < -0.3 is 10.1 Å². The average Bonchev–Trinajstić information content (AvgIpc) is 2.33. The highest BCUT2D eigenvalue weighted by Gasteiger charge is 2.24. The smallest absolute Gasteiger partial charge is 0.0674 e. The Bertz CT molecular complexity index is 209. The summed E-state index contributed by atoms with van der Waals surface area (Å²) >= 11 is 0. The molecule has 0 amide bonds. The van der Waals surface area contributed by atoms with Gasteiger partial charge in [0.25, 0.3) is 0 Å². The van der Waals surface area contributed by atoms with Gasteiger partial charge in [-0.25, -0.2) is 0 Å². The molecule has 0 radical (unpaired) electrons. The van der Waals surface area contributed by atoms with Gasteiger partial charge >= 0.3 is 0 Å². The molecule has 0 aliphatic carbocycles. The summed E-state index contributed by atoms with van der Waals surface area (Å²) in [5, 5.41) is 3.48. The number of nitrogens with zero attached hydrogens (tertiary/aromatic N) is 1. The Kier molecular flexibility index (Phi) is 7.87. The third-order valence-electron chi connectivity index (χ3n) is 3.73. The molecule has 18 heavy (non-hydrogen) atoms. The van der Waals surface area contributed by atoms with Crippen LogP contribution in [-0.4, -0.2) is 49.3 Å². The molecule has 3 nitrogen and oxygen atoms in total. The van der Waals surface area contributed by atoms with Crippen molar-refractivity contribution in [2.75, 3.05) is 26.2 Å². The average molecular weight is 256 g/mol. The van der Waals surface area contributed by atoms with Crippen LogP contribution in [0.1, 0.15) is 53.4 Å². The quantitative estimate of drug-likeness (QED) is 0.676. The molecule has 0 aromatic rings. The summed E-state index contributed by atoms with van der Waals surface area (Å²) < 4.78 is 5.73. The number of ether oxygens (including phenoxy) is 1. The van der Waals surface area contributed by atoms with E-state index < -0.39 is 0 Å². The van der Waals surface area contributed by atoms with Crippen molar-refractivity contribution in [2.24, 2.45) is 0 Å². The second-order valence-corrected chi connectivity index (χ2v) is 5.87. The maximum absolute atomic E-state index is 5.73. The predicted molar refractivity (Wildman–Crippen MR) is 78.1 cm³/mol. The van der Waals surface area contributed by atoms with Crippen LogP contribution in [-0.2, 0) is 4.74 Å². The van der Waals surface area contributed by atoms with Crippen molar-refractivity contribution >= 4 is 0 Å². The van der Waals surface area contributed by atoms with Crippen molar-refractivity contribution in [2.45, 2.75) is 71.6 Å². The first-order valence-electron chi connectivity index (χ1n) is 7.72. The molecule has 1 saturated heterocycles. The van der Waals surface area contributed by atoms with Gasteiger partial charge in [-0.15, -0.1) is 0 Å². The molecule has 2 atom stereocenters. The monoisotopic (exact) mass is 256 g/mol. The topological polar surface area (TPSA) is 24.5 Å². The van der Waals surface area contributed by atoms with Gasteiger partial charge in [-0.1, -0.05) is 27.2 Å². The fraction of sp³-hybridized carbons (Fsp3) is 1.00. The number of unbranched alkanes of at least 4 members (excludes halogenated alkanes) is 2. The molecular formula is C15H32N2O. The zero-order chi connectivity index (χ0) is 13.4. The third kappa shape index (κ3) is 6.17. The van der Waals surface area contributed by atoms with Crippen molar-refractivity contribution in [1.29, 1.82) is 0 Å². The van der Waals surface area contributed by atoms with E-state index in [1.54, 1.807) is 0 Å². The normalized spacial score (nSPS) is 25.8. The number of nitrogens with one attached hydrogen (secondary N) is 1. The maximum atomic E-state index is 5.73. The summed E-state index contributed by atoms with van der Waals surface area (Å²) in [6.45, 7) is 13.3. The minimum Gasteiger partial charge on any atom is -0.376 e. The van der Waals surface area contributed by atoms with Crippen LogP contribution in [0.25, 0.3) is 0 Å². The molecule has 0 aromatic heterocycles. The highest BCUT2D eigenvalue weighted by molar-refractivity contribution is 4.77. The number of hydrogen-bond acceptors (Lipinski definition) is 3. The summed E-state index contributed by atoms with van der Waals surface area (Å²) in [5.41, 5.74) is 0. The minimum atomic E-state index is 0.412. The first-order chi connectivity index (χ1) is 8.63. The number of morpholine rings is 1. The fourth-order valence-corrected chi connectivity index (χ4v) is 2.57. The Hall–Kier alpha value is -0.120. The van der Waals surface area contributed by atoms with E-state index in [1.807, 2.05) is 0 Å². The van der Waals surface area contributed by atoms with E-state index in [9.17, 15) is 0 Å². The van der Waals surface area contributed by atoms with Crippen LogP contribution in [0.3, 0.4) is 0 Å². The summed E-state index contributed by atoms with van der Waals surface area (Å²) in [6, 6.07) is 1.27. The zero-order valence-corrected chi connectivity index (χ0v) is 12.7. The SMILES string of the molecule is CCC1COC(C)CN1CCCCCNC(C)C. The summed E-state index contributed by atoms with van der Waals surface area (Å²) in [7, 11) is 0. The van der Waals surface area contributed by atoms with Gasteiger partial charge in [0.2, 0.25) is 0 Å². The molecule has 1 heterocycles. The van der Waals surface area contributed by atoms with E-state index >= 15 is 0 Å².